The second-order valence-corrected chi connectivity index (χ2v) is 5.89. The maximum atomic E-state index is 13.9. The third-order valence-electron chi connectivity index (χ3n) is 3.56. The molecule has 0 heterocycles. The van der Waals surface area contributed by atoms with Crippen LogP contribution in [0.15, 0.2) is 46.9 Å². The molecule has 0 amide bonds. The van der Waals surface area contributed by atoms with Gasteiger partial charge in [-0.1, -0.05) is 40.2 Å². The summed E-state index contributed by atoms with van der Waals surface area (Å²) >= 11 is 3.32. The first kappa shape index (κ1) is 12.8. The molecule has 0 radical (unpaired) electrons. The fourth-order valence-corrected chi connectivity index (χ4v) is 2.80. The first-order chi connectivity index (χ1) is 9.16. The summed E-state index contributed by atoms with van der Waals surface area (Å²) in [5.74, 6) is 0.155. The fraction of sp³-hybridized carbons (Fsp3) is 0.250. The molecule has 0 bridgehead atoms. The lowest BCUT2D eigenvalue weighted by molar-refractivity contribution is 0.213. The monoisotopic (exact) mass is 320 g/mol. The summed E-state index contributed by atoms with van der Waals surface area (Å²) in [6.45, 7) is 0. The van der Waals surface area contributed by atoms with E-state index >= 15 is 0 Å². The van der Waals surface area contributed by atoms with Crippen molar-refractivity contribution < 1.29 is 9.50 Å². The minimum Gasteiger partial charge on any atom is -0.384 e. The third kappa shape index (κ3) is 2.58. The quantitative estimate of drug-likeness (QED) is 0.879. The summed E-state index contributed by atoms with van der Waals surface area (Å²) < 4.78 is 14.6. The Kier molecular flexibility index (Phi) is 3.42. The first-order valence-corrected chi connectivity index (χ1v) is 7.18. The highest BCUT2D eigenvalue weighted by molar-refractivity contribution is 9.10. The van der Waals surface area contributed by atoms with Crippen LogP contribution in [0, 0.1) is 5.82 Å². The van der Waals surface area contributed by atoms with E-state index in [0.29, 0.717) is 11.5 Å². The topological polar surface area (TPSA) is 20.2 Å². The molecule has 98 valence electrons. The zero-order chi connectivity index (χ0) is 13.4. The molecule has 2 aromatic carbocycles. The van der Waals surface area contributed by atoms with Gasteiger partial charge in [-0.05, 0) is 48.1 Å². The molecule has 19 heavy (non-hydrogen) atoms. The van der Waals surface area contributed by atoms with Gasteiger partial charge in [0.1, 0.15) is 11.9 Å². The van der Waals surface area contributed by atoms with Gasteiger partial charge in [0.2, 0.25) is 0 Å². The van der Waals surface area contributed by atoms with Crippen LogP contribution in [-0.2, 0) is 0 Å². The largest absolute Gasteiger partial charge is 0.384 e. The molecule has 0 aromatic heterocycles. The van der Waals surface area contributed by atoms with Crippen molar-refractivity contribution in [3.63, 3.8) is 0 Å². The van der Waals surface area contributed by atoms with E-state index in [-0.39, 0.29) is 5.82 Å². The number of rotatable bonds is 3. The van der Waals surface area contributed by atoms with Crippen molar-refractivity contribution in [1.82, 2.24) is 0 Å². The number of hydrogen-bond acceptors (Lipinski definition) is 1. The van der Waals surface area contributed by atoms with Crippen LogP contribution in [0.1, 0.15) is 41.6 Å². The molecular weight excluding hydrogens is 307 g/mol. The van der Waals surface area contributed by atoms with Crippen molar-refractivity contribution in [2.24, 2.45) is 0 Å². The van der Waals surface area contributed by atoms with Crippen LogP contribution in [0.4, 0.5) is 4.39 Å². The Morgan fingerprint density at radius 2 is 1.84 bits per heavy atom. The minimum absolute atomic E-state index is 0.322. The van der Waals surface area contributed by atoms with Gasteiger partial charge in [-0.15, -0.1) is 0 Å². The Morgan fingerprint density at radius 1 is 1.11 bits per heavy atom. The van der Waals surface area contributed by atoms with Gasteiger partial charge in [-0.25, -0.2) is 4.39 Å². The van der Waals surface area contributed by atoms with Crippen LogP contribution >= 0.6 is 15.9 Å². The SMILES string of the molecule is OC(c1cc(Br)ccc1F)c1ccccc1C1CC1. The maximum absolute atomic E-state index is 13.9. The average Bonchev–Trinajstić information content (AvgIpc) is 3.25. The van der Waals surface area contributed by atoms with Crippen LogP contribution in [0.2, 0.25) is 0 Å². The molecule has 1 atom stereocenters. The van der Waals surface area contributed by atoms with Crippen molar-refractivity contribution in [3.05, 3.63) is 69.4 Å². The molecular formula is C16H14BrFO. The standard InChI is InChI=1S/C16H14BrFO/c17-11-7-8-15(18)14(9-11)16(19)13-4-2-1-3-12(13)10-5-6-10/h1-4,7-10,16,19H,5-6H2. The Labute approximate surface area is 120 Å². The summed E-state index contributed by atoms with van der Waals surface area (Å²) in [6, 6.07) is 12.4. The molecule has 0 spiro atoms. The lowest BCUT2D eigenvalue weighted by Gasteiger charge is -2.16. The van der Waals surface area contributed by atoms with Crippen molar-refractivity contribution in [2.75, 3.05) is 0 Å². The van der Waals surface area contributed by atoms with E-state index < -0.39 is 6.10 Å². The van der Waals surface area contributed by atoms with Crippen molar-refractivity contribution >= 4 is 15.9 Å². The van der Waals surface area contributed by atoms with E-state index in [9.17, 15) is 9.50 Å². The third-order valence-corrected chi connectivity index (χ3v) is 4.05. The summed E-state index contributed by atoms with van der Waals surface area (Å²) in [4.78, 5) is 0. The molecule has 1 unspecified atom stereocenters. The predicted molar refractivity (Wildman–Crippen MR) is 76.6 cm³/mol. The van der Waals surface area contributed by atoms with Crippen LogP contribution in [-0.4, -0.2) is 5.11 Å². The van der Waals surface area contributed by atoms with Gasteiger partial charge in [0.25, 0.3) is 0 Å². The van der Waals surface area contributed by atoms with E-state index in [4.69, 9.17) is 0 Å². The normalized spacial score (nSPS) is 16.4. The van der Waals surface area contributed by atoms with E-state index in [2.05, 4.69) is 15.9 Å². The fourth-order valence-electron chi connectivity index (χ4n) is 2.42. The summed E-state index contributed by atoms with van der Waals surface area (Å²) in [5, 5.41) is 10.5. The molecule has 3 rings (SSSR count). The summed E-state index contributed by atoms with van der Waals surface area (Å²) in [7, 11) is 0. The molecule has 2 aromatic rings. The van der Waals surface area contributed by atoms with Gasteiger partial charge >= 0.3 is 0 Å². The first-order valence-electron chi connectivity index (χ1n) is 6.38. The molecule has 0 aliphatic heterocycles. The maximum Gasteiger partial charge on any atom is 0.129 e. The van der Waals surface area contributed by atoms with Gasteiger partial charge in [0.05, 0.1) is 0 Å². The van der Waals surface area contributed by atoms with Crippen molar-refractivity contribution in [3.8, 4) is 0 Å². The number of benzene rings is 2. The van der Waals surface area contributed by atoms with Gasteiger partial charge in [0.15, 0.2) is 0 Å². The van der Waals surface area contributed by atoms with Crippen molar-refractivity contribution in [1.29, 1.82) is 0 Å². The van der Waals surface area contributed by atoms with E-state index in [0.717, 1.165) is 28.4 Å². The van der Waals surface area contributed by atoms with Gasteiger partial charge < -0.3 is 5.11 Å². The minimum atomic E-state index is -0.908. The highest BCUT2D eigenvalue weighted by Gasteiger charge is 2.28. The Morgan fingerprint density at radius 3 is 2.58 bits per heavy atom. The van der Waals surface area contributed by atoms with E-state index in [1.807, 2.05) is 24.3 Å². The van der Waals surface area contributed by atoms with E-state index in [1.165, 1.54) is 6.07 Å². The van der Waals surface area contributed by atoms with Crippen molar-refractivity contribution in [2.45, 2.75) is 24.9 Å². The van der Waals surface area contributed by atoms with Gasteiger partial charge in [0, 0.05) is 10.0 Å². The van der Waals surface area contributed by atoms with Crippen LogP contribution < -0.4 is 0 Å². The molecule has 0 saturated heterocycles. The van der Waals surface area contributed by atoms with Crippen LogP contribution in [0.5, 0.6) is 0 Å². The molecule has 1 nitrogen and oxygen atoms in total. The molecule has 1 fully saturated rings. The summed E-state index contributed by atoms with van der Waals surface area (Å²) in [5.41, 5.74) is 2.29. The zero-order valence-electron chi connectivity index (χ0n) is 10.3. The van der Waals surface area contributed by atoms with Crippen LogP contribution in [0.25, 0.3) is 0 Å². The zero-order valence-corrected chi connectivity index (χ0v) is 11.9. The lowest BCUT2D eigenvalue weighted by Crippen LogP contribution is -2.05. The number of hydrogen-bond donors (Lipinski definition) is 1. The molecule has 1 aliphatic rings. The highest BCUT2D eigenvalue weighted by Crippen LogP contribution is 2.44. The molecule has 1 N–H and O–H groups in total. The highest BCUT2D eigenvalue weighted by atomic mass is 79.9. The lowest BCUT2D eigenvalue weighted by atomic mass is 9.94. The van der Waals surface area contributed by atoms with Gasteiger partial charge in [-0.2, -0.15) is 0 Å². The Hall–Kier alpha value is -1.19. The van der Waals surface area contributed by atoms with Crippen LogP contribution in [0.3, 0.4) is 0 Å². The average molecular weight is 321 g/mol. The van der Waals surface area contributed by atoms with Gasteiger partial charge in [-0.3, -0.25) is 0 Å². The smallest absolute Gasteiger partial charge is 0.129 e. The number of halogens is 2. The number of aliphatic hydroxyl groups is 1. The Balaban J connectivity index is 2.04. The Bertz CT molecular complexity index is 607. The summed E-state index contributed by atoms with van der Waals surface area (Å²) in [6.07, 6.45) is 1.41. The predicted octanol–water partition coefficient (Wildman–Crippen LogP) is 4.55. The second kappa shape index (κ2) is 5.06. The molecule has 1 saturated carbocycles. The number of aliphatic hydroxyl groups excluding tert-OH is 1. The molecule has 3 heteroatoms. The van der Waals surface area contributed by atoms with E-state index in [1.54, 1.807) is 12.1 Å². The second-order valence-electron chi connectivity index (χ2n) is 4.97. The molecule has 1 aliphatic carbocycles.